The van der Waals surface area contributed by atoms with E-state index in [4.69, 9.17) is 0 Å². The van der Waals surface area contributed by atoms with Crippen LogP contribution in [0.2, 0.25) is 0 Å². The highest BCUT2D eigenvalue weighted by molar-refractivity contribution is 7.09. The molecular formula is C11H18O2S. The van der Waals surface area contributed by atoms with E-state index in [9.17, 15) is 10.2 Å². The Morgan fingerprint density at radius 2 is 2.07 bits per heavy atom. The van der Waals surface area contributed by atoms with Gasteiger partial charge < -0.3 is 10.2 Å². The minimum absolute atomic E-state index is 0.0748. The molecule has 3 heteroatoms. The number of aryl methyl sites for hydroxylation is 1. The summed E-state index contributed by atoms with van der Waals surface area (Å²) in [6, 6.07) is 4.13. The third-order valence-electron chi connectivity index (χ3n) is 2.90. The molecule has 0 saturated heterocycles. The van der Waals surface area contributed by atoms with Gasteiger partial charge in [0, 0.05) is 10.3 Å². The number of aliphatic hydroxyl groups is 2. The summed E-state index contributed by atoms with van der Waals surface area (Å²) in [5, 5.41) is 20.6. The van der Waals surface area contributed by atoms with Crippen molar-refractivity contribution in [2.24, 2.45) is 5.41 Å². The Kier molecular flexibility index (Phi) is 4.58. The number of hydrogen-bond acceptors (Lipinski definition) is 3. The van der Waals surface area contributed by atoms with Gasteiger partial charge in [0.25, 0.3) is 0 Å². The maximum absolute atomic E-state index is 9.25. The standard InChI is InChI=1S/C11H18O2S/c1-2-11(8-12,9-13)6-5-10-4-3-7-14-10/h3-4,7,12-13H,2,5-6,8-9H2,1H3. The zero-order valence-electron chi connectivity index (χ0n) is 8.57. The molecule has 2 N–H and O–H groups in total. The van der Waals surface area contributed by atoms with Crippen molar-refractivity contribution < 1.29 is 10.2 Å². The predicted octanol–water partition coefficient (Wildman–Crippen LogP) is 2.06. The smallest absolute Gasteiger partial charge is 0.0509 e. The van der Waals surface area contributed by atoms with Crippen molar-refractivity contribution in [3.63, 3.8) is 0 Å². The van der Waals surface area contributed by atoms with Gasteiger partial charge in [0.15, 0.2) is 0 Å². The summed E-state index contributed by atoms with van der Waals surface area (Å²) in [6.45, 7) is 2.16. The average molecular weight is 214 g/mol. The predicted molar refractivity (Wildman–Crippen MR) is 59.5 cm³/mol. The lowest BCUT2D eigenvalue weighted by molar-refractivity contribution is 0.0443. The molecule has 0 aliphatic heterocycles. The van der Waals surface area contributed by atoms with E-state index in [1.807, 2.05) is 13.0 Å². The molecule has 0 unspecified atom stereocenters. The molecule has 0 aliphatic rings. The molecule has 1 heterocycles. The second kappa shape index (κ2) is 5.49. The molecule has 1 aromatic rings. The zero-order valence-corrected chi connectivity index (χ0v) is 9.39. The Labute approximate surface area is 89.2 Å². The van der Waals surface area contributed by atoms with Gasteiger partial charge in [0.1, 0.15) is 0 Å². The Balaban J connectivity index is 2.48. The van der Waals surface area contributed by atoms with E-state index in [0.29, 0.717) is 0 Å². The molecule has 0 atom stereocenters. The normalized spacial score (nSPS) is 11.9. The van der Waals surface area contributed by atoms with Crippen LogP contribution in [0.4, 0.5) is 0 Å². The van der Waals surface area contributed by atoms with Crippen LogP contribution in [-0.4, -0.2) is 23.4 Å². The van der Waals surface area contributed by atoms with Gasteiger partial charge in [-0.15, -0.1) is 11.3 Å². The van der Waals surface area contributed by atoms with E-state index in [-0.39, 0.29) is 18.6 Å². The molecular weight excluding hydrogens is 196 g/mol. The van der Waals surface area contributed by atoms with Gasteiger partial charge in [-0.25, -0.2) is 0 Å². The number of aliphatic hydroxyl groups excluding tert-OH is 2. The van der Waals surface area contributed by atoms with Crippen molar-refractivity contribution in [3.05, 3.63) is 22.4 Å². The van der Waals surface area contributed by atoms with Gasteiger partial charge >= 0.3 is 0 Å². The second-order valence-corrected chi connectivity index (χ2v) is 4.78. The number of thiophene rings is 1. The first-order chi connectivity index (χ1) is 6.76. The summed E-state index contributed by atoms with van der Waals surface area (Å²) in [5.41, 5.74) is -0.288. The first kappa shape index (κ1) is 11.7. The Bertz CT molecular complexity index is 232. The minimum atomic E-state index is -0.288. The van der Waals surface area contributed by atoms with Crippen LogP contribution < -0.4 is 0 Å². The lowest BCUT2D eigenvalue weighted by Gasteiger charge is -2.27. The minimum Gasteiger partial charge on any atom is -0.396 e. The Morgan fingerprint density at radius 3 is 2.50 bits per heavy atom. The van der Waals surface area contributed by atoms with E-state index in [1.54, 1.807) is 11.3 Å². The highest BCUT2D eigenvalue weighted by atomic mass is 32.1. The van der Waals surface area contributed by atoms with E-state index in [2.05, 4.69) is 11.4 Å². The molecule has 0 bridgehead atoms. The maximum Gasteiger partial charge on any atom is 0.0509 e. The summed E-state index contributed by atoms with van der Waals surface area (Å²) < 4.78 is 0. The summed E-state index contributed by atoms with van der Waals surface area (Å²) in [6.07, 6.45) is 2.63. The molecule has 0 saturated carbocycles. The van der Waals surface area contributed by atoms with Crippen molar-refractivity contribution in [1.82, 2.24) is 0 Å². The van der Waals surface area contributed by atoms with Crippen molar-refractivity contribution >= 4 is 11.3 Å². The summed E-state index contributed by atoms with van der Waals surface area (Å²) in [7, 11) is 0. The SMILES string of the molecule is CCC(CO)(CO)CCc1cccs1. The van der Waals surface area contributed by atoms with E-state index in [1.165, 1.54) is 4.88 Å². The van der Waals surface area contributed by atoms with Crippen LogP contribution >= 0.6 is 11.3 Å². The highest BCUT2D eigenvalue weighted by Gasteiger charge is 2.26. The van der Waals surface area contributed by atoms with Gasteiger partial charge in [-0.1, -0.05) is 13.0 Å². The van der Waals surface area contributed by atoms with Gasteiger partial charge in [-0.3, -0.25) is 0 Å². The van der Waals surface area contributed by atoms with E-state index < -0.39 is 0 Å². The van der Waals surface area contributed by atoms with Crippen LogP contribution in [0.15, 0.2) is 17.5 Å². The average Bonchev–Trinajstić information content (AvgIpc) is 2.74. The van der Waals surface area contributed by atoms with Gasteiger partial charge in [0.05, 0.1) is 13.2 Å². The van der Waals surface area contributed by atoms with Crippen molar-refractivity contribution in [1.29, 1.82) is 0 Å². The first-order valence-electron chi connectivity index (χ1n) is 5.00. The van der Waals surface area contributed by atoms with E-state index >= 15 is 0 Å². The molecule has 0 aromatic carbocycles. The molecule has 80 valence electrons. The zero-order chi connectivity index (χ0) is 10.4. The fourth-order valence-corrected chi connectivity index (χ4v) is 2.16. The van der Waals surface area contributed by atoms with Crippen LogP contribution in [-0.2, 0) is 6.42 Å². The topological polar surface area (TPSA) is 40.5 Å². The van der Waals surface area contributed by atoms with Gasteiger partial charge in [-0.05, 0) is 30.7 Å². The Hall–Kier alpha value is -0.380. The maximum atomic E-state index is 9.25. The third-order valence-corrected chi connectivity index (χ3v) is 3.84. The first-order valence-corrected chi connectivity index (χ1v) is 5.88. The molecule has 14 heavy (non-hydrogen) atoms. The molecule has 0 amide bonds. The fraction of sp³-hybridized carbons (Fsp3) is 0.636. The highest BCUT2D eigenvalue weighted by Crippen LogP contribution is 2.28. The van der Waals surface area contributed by atoms with Crippen LogP contribution in [0, 0.1) is 5.41 Å². The molecule has 0 radical (unpaired) electrons. The van der Waals surface area contributed by atoms with E-state index in [0.717, 1.165) is 19.3 Å². The third kappa shape index (κ3) is 2.80. The summed E-state index contributed by atoms with van der Waals surface area (Å²) >= 11 is 1.73. The van der Waals surface area contributed by atoms with Gasteiger partial charge in [-0.2, -0.15) is 0 Å². The fourth-order valence-electron chi connectivity index (χ4n) is 1.45. The summed E-state index contributed by atoms with van der Waals surface area (Å²) in [4.78, 5) is 1.32. The lowest BCUT2D eigenvalue weighted by atomic mass is 9.82. The van der Waals surface area contributed by atoms with Crippen molar-refractivity contribution in [2.75, 3.05) is 13.2 Å². The van der Waals surface area contributed by atoms with Crippen LogP contribution in [0.3, 0.4) is 0 Å². The second-order valence-electron chi connectivity index (χ2n) is 3.75. The molecule has 0 fully saturated rings. The quantitative estimate of drug-likeness (QED) is 0.761. The molecule has 1 aromatic heterocycles. The molecule has 0 spiro atoms. The van der Waals surface area contributed by atoms with Crippen LogP contribution in [0.25, 0.3) is 0 Å². The number of hydrogen-bond donors (Lipinski definition) is 2. The van der Waals surface area contributed by atoms with Crippen molar-refractivity contribution in [2.45, 2.75) is 26.2 Å². The van der Waals surface area contributed by atoms with Crippen LogP contribution in [0.1, 0.15) is 24.6 Å². The molecule has 0 aliphatic carbocycles. The van der Waals surface area contributed by atoms with Crippen molar-refractivity contribution in [3.8, 4) is 0 Å². The Morgan fingerprint density at radius 1 is 1.36 bits per heavy atom. The summed E-state index contributed by atoms with van der Waals surface area (Å²) in [5.74, 6) is 0. The molecule has 2 nitrogen and oxygen atoms in total. The monoisotopic (exact) mass is 214 g/mol. The largest absolute Gasteiger partial charge is 0.396 e. The van der Waals surface area contributed by atoms with Gasteiger partial charge in [0.2, 0.25) is 0 Å². The lowest BCUT2D eigenvalue weighted by Crippen LogP contribution is -2.29. The van der Waals surface area contributed by atoms with Crippen LogP contribution in [0.5, 0.6) is 0 Å². The molecule has 1 rings (SSSR count). The number of rotatable bonds is 6.